The third kappa shape index (κ3) is 5.22. The highest BCUT2D eigenvalue weighted by atomic mass is 32.1. The summed E-state index contributed by atoms with van der Waals surface area (Å²) < 4.78 is 39.6. The van der Waals surface area contributed by atoms with Gasteiger partial charge in [0.05, 0.1) is 31.0 Å². The van der Waals surface area contributed by atoms with E-state index in [2.05, 4.69) is 44.8 Å². The molecule has 4 N–H and O–H groups in total. The van der Waals surface area contributed by atoms with Crippen LogP contribution < -0.4 is 5.32 Å². The number of likely N-dealkylation sites (tertiary alicyclic amines) is 1. The van der Waals surface area contributed by atoms with Crippen molar-refractivity contribution in [1.82, 2.24) is 25.4 Å². The van der Waals surface area contributed by atoms with Crippen LogP contribution in [0.5, 0.6) is 0 Å². The van der Waals surface area contributed by atoms with Crippen LogP contribution in [0.4, 0.5) is 18.9 Å². The first-order chi connectivity index (χ1) is 19.1. The molecule has 0 spiro atoms. The largest absolute Gasteiger partial charge is 0.432 e. The van der Waals surface area contributed by atoms with Crippen LogP contribution in [-0.2, 0) is 12.7 Å². The van der Waals surface area contributed by atoms with E-state index in [1.165, 1.54) is 5.38 Å². The van der Waals surface area contributed by atoms with Crippen LogP contribution in [0.15, 0.2) is 54.0 Å². The lowest BCUT2D eigenvalue weighted by atomic mass is 9.99. The number of benzene rings is 2. The minimum Gasteiger partial charge on any atom is -0.387 e. The number of aliphatic hydroxyl groups is 1. The number of fused-ring (bicyclic) bond motifs is 1. The Labute approximate surface area is 230 Å². The zero-order valence-electron chi connectivity index (χ0n) is 21.3. The summed E-state index contributed by atoms with van der Waals surface area (Å²) in [4.78, 5) is 17.4. The molecule has 13 heteroatoms. The van der Waals surface area contributed by atoms with Crippen molar-refractivity contribution in [1.29, 1.82) is 0 Å². The van der Waals surface area contributed by atoms with Crippen LogP contribution in [0.1, 0.15) is 28.2 Å². The number of hydrogen-bond donors (Lipinski definition) is 4. The van der Waals surface area contributed by atoms with Crippen LogP contribution >= 0.6 is 11.3 Å². The van der Waals surface area contributed by atoms with Gasteiger partial charge in [-0.05, 0) is 29.8 Å². The number of anilines is 1. The first-order valence-corrected chi connectivity index (χ1v) is 13.4. The van der Waals surface area contributed by atoms with Crippen molar-refractivity contribution in [2.24, 2.45) is 0 Å². The molecule has 1 saturated heterocycles. The summed E-state index contributed by atoms with van der Waals surface area (Å²) in [5, 5.41) is 28.2. The predicted molar refractivity (Wildman–Crippen MR) is 144 cm³/mol. The Bertz CT molecular complexity index is 1710. The summed E-state index contributed by atoms with van der Waals surface area (Å²) >= 11 is 1.03. The molecule has 0 aliphatic carbocycles. The molecule has 0 saturated carbocycles. The predicted octanol–water partition coefficient (Wildman–Crippen LogP) is 5.06. The molecule has 3 aromatic heterocycles. The zero-order valence-corrected chi connectivity index (χ0v) is 22.1. The van der Waals surface area contributed by atoms with E-state index in [1.807, 2.05) is 23.3 Å². The minimum absolute atomic E-state index is 0.00892. The van der Waals surface area contributed by atoms with E-state index < -0.39 is 17.8 Å². The van der Waals surface area contributed by atoms with Gasteiger partial charge in [-0.2, -0.15) is 23.4 Å². The van der Waals surface area contributed by atoms with Gasteiger partial charge in [0.25, 0.3) is 5.91 Å². The molecule has 9 nitrogen and oxygen atoms in total. The summed E-state index contributed by atoms with van der Waals surface area (Å²) in [6.07, 6.45) is -2.36. The summed E-state index contributed by atoms with van der Waals surface area (Å²) in [6.45, 7) is 2.38. The van der Waals surface area contributed by atoms with Gasteiger partial charge >= 0.3 is 6.18 Å². The van der Waals surface area contributed by atoms with Crippen LogP contribution in [0, 0.1) is 0 Å². The minimum atomic E-state index is -4.56. The first-order valence-electron chi connectivity index (χ1n) is 12.5. The molecule has 0 bridgehead atoms. The van der Waals surface area contributed by atoms with Gasteiger partial charge in [-0.25, -0.2) is 4.98 Å². The lowest BCUT2D eigenvalue weighted by Gasteiger charge is -2.29. The van der Waals surface area contributed by atoms with Crippen LogP contribution in [0.25, 0.3) is 32.7 Å². The number of aromatic amines is 2. The van der Waals surface area contributed by atoms with Crippen LogP contribution in [0.3, 0.4) is 0 Å². The Kier molecular flexibility index (Phi) is 6.44. The fourth-order valence-corrected chi connectivity index (χ4v) is 5.93. The fraction of sp³-hybridized carbons (Fsp3) is 0.259. The molecule has 6 rings (SSSR count). The highest BCUT2D eigenvalue weighted by Crippen LogP contribution is 2.35. The second-order valence-electron chi connectivity index (χ2n) is 10.3. The SMILES string of the molecule is C[N+]1(Cc2cccc(-c3cc4cn[nH]c4cc3NC(=O)c3csc(-c4cc(C(F)(F)F)[nH]n4)n3)c2)CCC(O)C1. The van der Waals surface area contributed by atoms with Crippen molar-refractivity contribution in [2.45, 2.75) is 25.2 Å². The summed E-state index contributed by atoms with van der Waals surface area (Å²) in [5.74, 6) is -0.505. The summed E-state index contributed by atoms with van der Waals surface area (Å²) in [6, 6.07) is 12.7. The number of hydrogen-bond acceptors (Lipinski definition) is 6. The summed E-state index contributed by atoms with van der Waals surface area (Å²) in [7, 11) is 2.14. The van der Waals surface area contributed by atoms with E-state index in [-0.39, 0.29) is 22.5 Å². The molecule has 40 heavy (non-hydrogen) atoms. The van der Waals surface area contributed by atoms with Gasteiger partial charge in [-0.1, -0.05) is 18.2 Å². The number of thiazole rings is 1. The molecule has 2 unspecified atom stereocenters. The number of aliphatic hydroxyl groups excluding tert-OH is 1. The molecule has 1 aliphatic rings. The number of nitrogens with one attached hydrogen (secondary N) is 3. The second kappa shape index (κ2) is 9.84. The highest BCUT2D eigenvalue weighted by molar-refractivity contribution is 7.13. The van der Waals surface area contributed by atoms with E-state index in [0.29, 0.717) is 12.2 Å². The topological polar surface area (TPSA) is 120 Å². The molecule has 206 valence electrons. The molecular weight excluding hydrogens is 543 g/mol. The van der Waals surface area contributed by atoms with Crippen molar-refractivity contribution in [3.8, 4) is 21.8 Å². The van der Waals surface area contributed by atoms with Crippen LogP contribution in [0.2, 0.25) is 0 Å². The number of amides is 1. The molecule has 1 aliphatic heterocycles. The Balaban J connectivity index is 1.29. The highest BCUT2D eigenvalue weighted by Gasteiger charge is 2.34. The zero-order chi connectivity index (χ0) is 28.1. The van der Waals surface area contributed by atoms with Gasteiger partial charge in [-0.15, -0.1) is 11.3 Å². The van der Waals surface area contributed by atoms with E-state index in [0.717, 1.165) is 69.0 Å². The number of aromatic nitrogens is 5. The van der Waals surface area contributed by atoms with Gasteiger partial charge in [-0.3, -0.25) is 15.0 Å². The van der Waals surface area contributed by atoms with Gasteiger partial charge in [0.15, 0.2) is 0 Å². The van der Waals surface area contributed by atoms with Crippen LogP contribution in [-0.4, -0.2) is 67.1 Å². The number of rotatable bonds is 6. The van der Waals surface area contributed by atoms with Gasteiger partial charge in [0.2, 0.25) is 0 Å². The lowest BCUT2D eigenvalue weighted by Crippen LogP contribution is -2.41. The Morgan fingerprint density at radius 2 is 2.08 bits per heavy atom. The van der Waals surface area contributed by atoms with Crippen molar-refractivity contribution >= 4 is 33.8 Å². The molecule has 2 aromatic carbocycles. The monoisotopic (exact) mass is 568 g/mol. The number of quaternary nitrogens is 1. The molecule has 0 radical (unpaired) electrons. The lowest BCUT2D eigenvalue weighted by molar-refractivity contribution is -0.912. The summed E-state index contributed by atoms with van der Waals surface area (Å²) in [5.41, 5.74) is 3.14. The normalized spacial score (nSPS) is 19.4. The number of alkyl halides is 3. The number of halogens is 3. The van der Waals surface area contributed by atoms with Gasteiger partial charge in [0, 0.05) is 28.3 Å². The molecule has 4 heterocycles. The second-order valence-corrected chi connectivity index (χ2v) is 11.2. The van der Waals surface area contributed by atoms with E-state index >= 15 is 0 Å². The molecular formula is C27H25F3N7O2S+. The Morgan fingerprint density at radius 1 is 1.23 bits per heavy atom. The molecule has 1 amide bonds. The number of nitrogens with zero attached hydrogens (tertiary/aromatic N) is 4. The maximum atomic E-state index is 13.2. The van der Waals surface area contributed by atoms with Crippen molar-refractivity contribution in [3.05, 3.63) is 71.0 Å². The van der Waals surface area contributed by atoms with E-state index in [4.69, 9.17) is 0 Å². The quantitative estimate of drug-likeness (QED) is 0.214. The molecule has 5 aromatic rings. The molecule has 1 fully saturated rings. The average Bonchev–Trinajstić information content (AvgIpc) is 3.70. The third-order valence-corrected chi connectivity index (χ3v) is 7.99. The maximum Gasteiger partial charge on any atom is 0.432 e. The standard InChI is InChI=1S/C27H24F3N7O2S/c1-37(6-5-18(38)13-37)12-15-3-2-4-16(7-15)19-8-17-11-31-34-20(17)9-21(19)32-25(39)23-14-40-26(33-23)22-10-24(36-35-22)27(28,29)30/h2-4,7-11,14,18,38H,5-6,12-13H2,1H3,(H2-,31,32,33,34,35,36,39)/p+1. The Hall–Kier alpha value is -4.07. The number of H-pyrrole nitrogens is 2. The van der Waals surface area contributed by atoms with E-state index in [1.54, 1.807) is 12.3 Å². The average molecular weight is 569 g/mol. The number of carbonyl (C=O) groups excluding carboxylic acids is 1. The first kappa shape index (κ1) is 26.2. The van der Waals surface area contributed by atoms with Gasteiger partial charge in [0.1, 0.15) is 41.3 Å². The van der Waals surface area contributed by atoms with Crippen molar-refractivity contribution < 1.29 is 27.6 Å². The number of carbonyl (C=O) groups is 1. The van der Waals surface area contributed by atoms with Crippen molar-refractivity contribution in [2.75, 3.05) is 25.5 Å². The van der Waals surface area contributed by atoms with Crippen molar-refractivity contribution in [3.63, 3.8) is 0 Å². The fourth-order valence-electron chi connectivity index (χ4n) is 5.17. The number of likely N-dealkylation sites (N-methyl/N-ethyl adjacent to an activating group) is 1. The maximum absolute atomic E-state index is 13.2. The Morgan fingerprint density at radius 3 is 2.83 bits per heavy atom. The van der Waals surface area contributed by atoms with Gasteiger partial charge < -0.3 is 14.9 Å². The third-order valence-electron chi connectivity index (χ3n) is 7.12. The molecule has 2 atom stereocenters. The smallest absolute Gasteiger partial charge is 0.387 e. The van der Waals surface area contributed by atoms with E-state index in [9.17, 15) is 23.1 Å².